The molecular formula is C15H20BrClO. The van der Waals surface area contributed by atoms with Gasteiger partial charge >= 0.3 is 0 Å². The first kappa shape index (κ1) is 14.2. The Hall–Kier alpha value is -0.210. The average molecular weight is 332 g/mol. The van der Waals surface area contributed by atoms with Crippen LogP contribution in [0.25, 0.3) is 0 Å². The highest BCUT2D eigenvalue weighted by Gasteiger charge is 2.67. The van der Waals surface area contributed by atoms with Crippen LogP contribution in [-0.2, 0) is 0 Å². The molecule has 1 saturated carbocycles. The Balaban J connectivity index is 2.29. The number of methoxy groups -OCH3 is 1. The molecule has 18 heavy (non-hydrogen) atoms. The van der Waals surface area contributed by atoms with Gasteiger partial charge in [-0.25, -0.2) is 0 Å². The molecule has 0 heterocycles. The summed E-state index contributed by atoms with van der Waals surface area (Å²) in [4.78, 5) is 0. The summed E-state index contributed by atoms with van der Waals surface area (Å²) >= 11 is 10.3. The molecule has 1 aromatic rings. The van der Waals surface area contributed by atoms with Gasteiger partial charge in [-0.2, -0.15) is 0 Å². The summed E-state index contributed by atoms with van der Waals surface area (Å²) in [7, 11) is 1.67. The lowest BCUT2D eigenvalue weighted by molar-refractivity contribution is 0.414. The van der Waals surface area contributed by atoms with Crippen molar-refractivity contribution in [2.75, 3.05) is 7.11 Å². The molecule has 0 saturated heterocycles. The van der Waals surface area contributed by atoms with Gasteiger partial charge < -0.3 is 4.74 Å². The number of benzene rings is 1. The first-order valence-electron chi connectivity index (χ1n) is 6.21. The molecule has 0 aromatic heterocycles. The van der Waals surface area contributed by atoms with Crippen molar-refractivity contribution in [1.82, 2.24) is 0 Å². The van der Waals surface area contributed by atoms with Gasteiger partial charge in [0.2, 0.25) is 0 Å². The van der Waals surface area contributed by atoms with Crippen molar-refractivity contribution in [3.05, 3.63) is 28.2 Å². The average Bonchev–Trinajstić information content (AvgIpc) is 2.68. The highest BCUT2D eigenvalue weighted by molar-refractivity contribution is 9.10. The van der Waals surface area contributed by atoms with Crippen molar-refractivity contribution >= 4 is 27.5 Å². The molecule has 1 fully saturated rings. The minimum absolute atomic E-state index is 0.0373. The Morgan fingerprint density at radius 3 is 2.17 bits per heavy atom. The number of halogens is 2. The molecule has 1 aliphatic carbocycles. The van der Waals surface area contributed by atoms with E-state index >= 15 is 0 Å². The minimum atomic E-state index is 0.0373. The van der Waals surface area contributed by atoms with Crippen LogP contribution in [0.5, 0.6) is 5.75 Å². The van der Waals surface area contributed by atoms with Crippen LogP contribution in [0.4, 0.5) is 0 Å². The minimum Gasteiger partial charge on any atom is -0.497 e. The van der Waals surface area contributed by atoms with Crippen LogP contribution in [0.1, 0.15) is 38.6 Å². The third kappa shape index (κ3) is 1.98. The molecule has 0 N–H and O–H groups in total. The molecule has 1 atom stereocenters. The normalized spacial score (nSPS) is 22.6. The molecule has 0 aliphatic heterocycles. The third-order valence-electron chi connectivity index (χ3n) is 4.93. The summed E-state index contributed by atoms with van der Waals surface area (Å²) in [6.45, 7) is 9.18. The summed E-state index contributed by atoms with van der Waals surface area (Å²) in [5.74, 6) is 1.35. The lowest BCUT2D eigenvalue weighted by Crippen LogP contribution is -2.01. The summed E-state index contributed by atoms with van der Waals surface area (Å²) in [5.41, 5.74) is 1.73. The van der Waals surface area contributed by atoms with Gasteiger partial charge in [0.15, 0.2) is 0 Å². The third-order valence-corrected chi connectivity index (χ3v) is 6.10. The second kappa shape index (κ2) is 4.42. The van der Waals surface area contributed by atoms with Gasteiger partial charge in [0.25, 0.3) is 0 Å². The van der Waals surface area contributed by atoms with Crippen molar-refractivity contribution < 1.29 is 4.74 Å². The molecule has 2 rings (SSSR count). The van der Waals surface area contributed by atoms with Gasteiger partial charge in [0.1, 0.15) is 5.75 Å². The molecule has 0 spiro atoms. The second-order valence-electron chi connectivity index (χ2n) is 6.21. The molecular weight excluding hydrogens is 312 g/mol. The molecule has 3 heteroatoms. The fraction of sp³-hybridized carbons (Fsp3) is 0.600. The smallest absolute Gasteiger partial charge is 0.120 e. The largest absolute Gasteiger partial charge is 0.497 e. The molecule has 1 nitrogen and oxygen atoms in total. The Morgan fingerprint density at radius 1 is 1.22 bits per heavy atom. The first-order chi connectivity index (χ1) is 8.23. The van der Waals surface area contributed by atoms with Gasteiger partial charge in [-0.15, -0.1) is 11.6 Å². The van der Waals surface area contributed by atoms with Gasteiger partial charge in [-0.3, -0.25) is 0 Å². The van der Waals surface area contributed by atoms with Crippen LogP contribution in [0.15, 0.2) is 22.7 Å². The van der Waals surface area contributed by atoms with Crippen LogP contribution < -0.4 is 4.74 Å². The van der Waals surface area contributed by atoms with Crippen molar-refractivity contribution in [2.45, 2.75) is 33.1 Å². The van der Waals surface area contributed by atoms with E-state index in [0.29, 0.717) is 16.7 Å². The van der Waals surface area contributed by atoms with E-state index in [1.54, 1.807) is 7.11 Å². The maximum atomic E-state index is 6.70. The highest BCUT2D eigenvalue weighted by atomic mass is 79.9. The zero-order chi connectivity index (χ0) is 13.7. The van der Waals surface area contributed by atoms with E-state index in [1.807, 2.05) is 12.1 Å². The van der Waals surface area contributed by atoms with Crippen molar-refractivity contribution in [2.24, 2.45) is 16.7 Å². The van der Waals surface area contributed by atoms with Gasteiger partial charge in [0.05, 0.1) is 12.5 Å². The zero-order valence-electron chi connectivity index (χ0n) is 11.6. The first-order valence-corrected chi connectivity index (χ1v) is 7.44. The Labute approximate surface area is 123 Å². The number of alkyl halides is 1. The standard InChI is InChI=1S/C15H20BrClO/c1-14(2)13(15(14,3)4)12(17)10-7-6-9(18-5)8-11(10)16/h6-8,12-13H,1-5H3. The van der Waals surface area contributed by atoms with E-state index < -0.39 is 0 Å². The maximum absolute atomic E-state index is 6.70. The zero-order valence-corrected chi connectivity index (χ0v) is 13.9. The van der Waals surface area contributed by atoms with E-state index in [1.165, 1.54) is 0 Å². The van der Waals surface area contributed by atoms with Crippen molar-refractivity contribution in [3.63, 3.8) is 0 Å². The summed E-state index contributed by atoms with van der Waals surface area (Å²) < 4.78 is 6.24. The SMILES string of the molecule is COc1ccc(C(Cl)C2C(C)(C)C2(C)C)c(Br)c1. The molecule has 0 bridgehead atoms. The molecule has 1 aromatic carbocycles. The van der Waals surface area contributed by atoms with Crippen LogP contribution in [0.3, 0.4) is 0 Å². The van der Waals surface area contributed by atoms with Crippen LogP contribution >= 0.6 is 27.5 Å². The topological polar surface area (TPSA) is 9.23 Å². The van der Waals surface area contributed by atoms with E-state index in [4.69, 9.17) is 16.3 Å². The summed E-state index contributed by atoms with van der Waals surface area (Å²) in [6.07, 6.45) is 0. The fourth-order valence-electron chi connectivity index (χ4n) is 3.02. The lowest BCUT2D eigenvalue weighted by Gasteiger charge is -2.15. The van der Waals surface area contributed by atoms with Gasteiger partial charge in [0, 0.05) is 4.47 Å². The van der Waals surface area contributed by atoms with E-state index in [-0.39, 0.29) is 5.38 Å². The van der Waals surface area contributed by atoms with Crippen LogP contribution in [0.2, 0.25) is 0 Å². The van der Waals surface area contributed by atoms with E-state index in [0.717, 1.165) is 15.8 Å². The van der Waals surface area contributed by atoms with Gasteiger partial charge in [-0.1, -0.05) is 49.7 Å². The highest BCUT2D eigenvalue weighted by Crippen LogP contribution is 2.73. The number of hydrogen-bond donors (Lipinski definition) is 0. The van der Waals surface area contributed by atoms with Crippen LogP contribution in [0, 0.1) is 16.7 Å². The number of rotatable bonds is 3. The molecule has 0 radical (unpaired) electrons. The van der Waals surface area contributed by atoms with E-state index in [9.17, 15) is 0 Å². The Kier molecular flexibility index (Phi) is 3.48. The van der Waals surface area contributed by atoms with Crippen molar-refractivity contribution in [3.8, 4) is 5.75 Å². The quantitative estimate of drug-likeness (QED) is 0.672. The molecule has 1 aliphatic rings. The fourth-order valence-corrected chi connectivity index (χ4v) is 4.57. The van der Waals surface area contributed by atoms with Crippen molar-refractivity contribution in [1.29, 1.82) is 0 Å². The van der Waals surface area contributed by atoms with E-state index in [2.05, 4.69) is 49.7 Å². The number of hydrogen-bond acceptors (Lipinski definition) is 1. The summed E-state index contributed by atoms with van der Waals surface area (Å²) in [6, 6.07) is 6.01. The lowest BCUT2D eigenvalue weighted by atomic mass is 10.0. The monoisotopic (exact) mass is 330 g/mol. The molecule has 100 valence electrons. The second-order valence-corrected chi connectivity index (χ2v) is 7.53. The summed E-state index contributed by atoms with van der Waals surface area (Å²) in [5, 5.41) is 0.0373. The Bertz CT molecular complexity index is 454. The predicted molar refractivity (Wildman–Crippen MR) is 80.3 cm³/mol. The van der Waals surface area contributed by atoms with Crippen LogP contribution in [-0.4, -0.2) is 7.11 Å². The molecule has 1 unspecified atom stereocenters. The Morgan fingerprint density at radius 2 is 1.78 bits per heavy atom. The predicted octanol–water partition coefficient (Wildman–Crippen LogP) is 5.42. The van der Waals surface area contributed by atoms with Gasteiger partial charge in [-0.05, 0) is 34.4 Å². The molecule has 0 amide bonds. The maximum Gasteiger partial charge on any atom is 0.120 e. The number of ether oxygens (including phenoxy) is 1.